The van der Waals surface area contributed by atoms with Gasteiger partial charge in [-0.2, -0.15) is 0 Å². The molecule has 23 heavy (non-hydrogen) atoms. The van der Waals surface area contributed by atoms with E-state index in [4.69, 9.17) is 0 Å². The summed E-state index contributed by atoms with van der Waals surface area (Å²) in [5, 5.41) is 11.9. The summed E-state index contributed by atoms with van der Waals surface area (Å²) in [5.74, 6) is 1.56. The van der Waals surface area contributed by atoms with Gasteiger partial charge in [0.25, 0.3) is 0 Å². The Morgan fingerprint density at radius 3 is 2.65 bits per heavy atom. The van der Waals surface area contributed by atoms with Crippen LogP contribution in [0.5, 0.6) is 0 Å². The first-order valence-electron chi connectivity index (χ1n) is 7.62. The third-order valence-electron chi connectivity index (χ3n) is 3.73. The number of pyridine rings is 1. The predicted molar refractivity (Wildman–Crippen MR) is 90.0 cm³/mol. The zero-order valence-electron chi connectivity index (χ0n) is 13.6. The van der Waals surface area contributed by atoms with Crippen LogP contribution in [0.4, 0.5) is 5.82 Å². The Morgan fingerprint density at radius 1 is 1.13 bits per heavy atom. The maximum Gasteiger partial charge on any atom is 0.160 e. The maximum atomic E-state index is 4.43. The summed E-state index contributed by atoms with van der Waals surface area (Å²) in [5.41, 5.74) is 3.07. The van der Waals surface area contributed by atoms with E-state index < -0.39 is 0 Å². The molecule has 0 bridgehead atoms. The molecule has 0 spiro atoms. The van der Waals surface area contributed by atoms with Gasteiger partial charge in [-0.3, -0.25) is 4.98 Å². The first-order valence-corrected chi connectivity index (χ1v) is 7.62. The van der Waals surface area contributed by atoms with Gasteiger partial charge in [0.15, 0.2) is 5.82 Å². The minimum Gasteiger partial charge on any atom is -0.366 e. The van der Waals surface area contributed by atoms with Crippen LogP contribution in [0.1, 0.15) is 18.2 Å². The molecule has 0 radical (unpaired) electrons. The number of imidazole rings is 1. The number of hydrogen-bond donors (Lipinski definition) is 1. The molecule has 3 heterocycles. The molecule has 0 aliphatic carbocycles. The second-order valence-electron chi connectivity index (χ2n) is 5.68. The summed E-state index contributed by atoms with van der Waals surface area (Å²) in [4.78, 5) is 8.70. The molecular weight excluding hydrogens is 288 g/mol. The standard InChI is InChI=1S/C17H20N6/c1-12-5-4-8-18-15(12)11-13(2)20-16-7-6-14(21-22-16)17-19-9-10-23(17)3/h4-10,13H,11H2,1-3H3,(H,20,22)/t13-/m0/s1. The van der Waals surface area contributed by atoms with Crippen molar-refractivity contribution in [1.29, 1.82) is 0 Å². The van der Waals surface area contributed by atoms with Crippen LogP contribution in [0.2, 0.25) is 0 Å². The fraction of sp³-hybridized carbons (Fsp3) is 0.294. The van der Waals surface area contributed by atoms with Crippen molar-refractivity contribution in [2.75, 3.05) is 5.32 Å². The molecule has 3 rings (SSSR count). The second kappa shape index (κ2) is 6.56. The highest BCUT2D eigenvalue weighted by molar-refractivity contribution is 5.51. The molecule has 0 unspecified atom stereocenters. The van der Waals surface area contributed by atoms with E-state index in [-0.39, 0.29) is 6.04 Å². The summed E-state index contributed by atoms with van der Waals surface area (Å²) < 4.78 is 1.92. The molecule has 6 nitrogen and oxygen atoms in total. The molecule has 0 fully saturated rings. The Kier molecular flexibility index (Phi) is 4.32. The molecule has 118 valence electrons. The Balaban J connectivity index is 1.66. The van der Waals surface area contributed by atoms with Crippen LogP contribution in [-0.4, -0.2) is 30.8 Å². The van der Waals surface area contributed by atoms with Crippen molar-refractivity contribution < 1.29 is 0 Å². The van der Waals surface area contributed by atoms with Crippen molar-refractivity contribution in [2.45, 2.75) is 26.3 Å². The largest absolute Gasteiger partial charge is 0.366 e. The highest BCUT2D eigenvalue weighted by atomic mass is 15.2. The summed E-state index contributed by atoms with van der Waals surface area (Å²) >= 11 is 0. The lowest BCUT2D eigenvalue weighted by atomic mass is 10.1. The lowest BCUT2D eigenvalue weighted by molar-refractivity contribution is 0.755. The molecule has 3 aromatic rings. The topological polar surface area (TPSA) is 68.5 Å². The van der Waals surface area contributed by atoms with E-state index in [1.165, 1.54) is 5.56 Å². The summed E-state index contributed by atoms with van der Waals surface area (Å²) in [6.07, 6.45) is 6.31. The van der Waals surface area contributed by atoms with Gasteiger partial charge in [0.2, 0.25) is 0 Å². The zero-order chi connectivity index (χ0) is 16.2. The van der Waals surface area contributed by atoms with Gasteiger partial charge in [0.05, 0.1) is 0 Å². The quantitative estimate of drug-likeness (QED) is 0.784. The Labute approximate surface area is 135 Å². The van der Waals surface area contributed by atoms with Crippen LogP contribution in [0, 0.1) is 6.92 Å². The molecule has 3 aromatic heterocycles. The summed E-state index contributed by atoms with van der Waals surface area (Å²) in [6.45, 7) is 4.19. The molecule has 0 amide bonds. The predicted octanol–water partition coefficient (Wildman–Crippen LogP) is 2.62. The van der Waals surface area contributed by atoms with Crippen LogP contribution >= 0.6 is 0 Å². The van der Waals surface area contributed by atoms with Gasteiger partial charge < -0.3 is 9.88 Å². The highest BCUT2D eigenvalue weighted by Gasteiger charge is 2.09. The van der Waals surface area contributed by atoms with Gasteiger partial charge >= 0.3 is 0 Å². The first kappa shape index (κ1) is 15.1. The lowest BCUT2D eigenvalue weighted by Gasteiger charge is -2.15. The van der Waals surface area contributed by atoms with Crippen molar-refractivity contribution in [3.05, 3.63) is 54.1 Å². The fourth-order valence-corrected chi connectivity index (χ4v) is 2.47. The van der Waals surface area contributed by atoms with Crippen molar-refractivity contribution in [3.63, 3.8) is 0 Å². The number of anilines is 1. The molecular formula is C17H20N6. The van der Waals surface area contributed by atoms with Crippen LogP contribution in [0.15, 0.2) is 42.9 Å². The number of nitrogens with zero attached hydrogens (tertiary/aromatic N) is 5. The molecule has 0 aromatic carbocycles. The van der Waals surface area contributed by atoms with Gasteiger partial charge in [-0.15, -0.1) is 10.2 Å². The van der Waals surface area contributed by atoms with E-state index in [0.29, 0.717) is 0 Å². The van der Waals surface area contributed by atoms with Gasteiger partial charge in [0.1, 0.15) is 11.5 Å². The number of hydrogen-bond acceptors (Lipinski definition) is 5. The smallest absolute Gasteiger partial charge is 0.160 e. The molecule has 6 heteroatoms. The van der Waals surface area contributed by atoms with E-state index in [2.05, 4.69) is 45.4 Å². The van der Waals surface area contributed by atoms with E-state index in [0.717, 1.165) is 29.5 Å². The van der Waals surface area contributed by atoms with Crippen LogP contribution in [0.3, 0.4) is 0 Å². The fourth-order valence-electron chi connectivity index (χ4n) is 2.47. The van der Waals surface area contributed by atoms with E-state index in [1.807, 2.05) is 42.2 Å². The molecule has 0 aliphatic rings. The Bertz CT molecular complexity index is 778. The molecule has 1 atom stereocenters. The van der Waals surface area contributed by atoms with Gasteiger partial charge in [0, 0.05) is 43.8 Å². The maximum absolute atomic E-state index is 4.43. The van der Waals surface area contributed by atoms with Gasteiger partial charge in [-0.25, -0.2) is 4.98 Å². The van der Waals surface area contributed by atoms with E-state index >= 15 is 0 Å². The average Bonchev–Trinajstić information content (AvgIpc) is 2.96. The minimum atomic E-state index is 0.219. The van der Waals surface area contributed by atoms with Crippen molar-refractivity contribution in [2.24, 2.45) is 7.05 Å². The number of aromatic nitrogens is 5. The number of rotatable bonds is 5. The zero-order valence-corrected chi connectivity index (χ0v) is 13.6. The SMILES string of the molecule is Cc1cccnc1C[C@H](C)Nc1ccc(-c2nccn2C)nn1. The molecule has 1 N–H and O–H groups in total. The van der Waals surface area contributed by atoms with Crippen LogP contribution < -0.4 is 5.32 Å². The number of aryl methyl sites for hydroxylation is 2. The van der Waals surface area contributed by atoms with Gasteiger partial charge in [-0.05, 0) is 37.6 Å². The van der Waals surface area contributed by atoms with Crippen molar-refractivity contribution in [3.8, 4) is 11.5 Å². The first-order chi connectivity index (χ1) is 11.1. The molecule has 0 saturated carbocycles. The normalized spacial score (nSPS) is 12.1. The molecule has 0 aliphatic heterocycles. The highest BCUT2D eigenvalue weighted by Crippen LogP contribution is 2.15. The molecule has 0 saturated heterocycles. The average molecular weight is 308 g/mol. The van der Waals surface area contributed by atoms with Crippen molar-refractivity contribution >= 4 is 5.82 Å². The monoisotopic (exact) mass is 308 g/mol. The van der Waals surface area contributed by atoms with E-state index in [9.17, 15) is 0 Å². The third kappa shape index (κ3) is 3.53. The summed E-state index contributed by atoms with van der Waals surface area (Å²) in [7, 11) is 1.94. The minimum absolute atomic E-state index is 0.219. The Hall–Kier alpha value is -2.76. The summed E-state index contributed by atoms with van der Waals surface area (Å²) in [6, 6.07) is 8.11. The van der Waals surface area contributed by atoms with Crippen LogP contribution in [-0.2, 0) is 13.5 Å². The van der Waals surface area contributed by atoms with Gasteiger partial charge in [-0.1, -0.05) is 6.07 Å². The van der Waals surface area contributed by atoms with Crippen LogP contribution in [0.25, 0.3) is 11.5 Å². The van der Waals surface area contributed by atoms with Crippen molar-refractivity contribution in [1.82, 2.24) is 24.7 Å². The third-order valence-corrected chi connectivity index (χ3v) is 3.73. The number of nitrogens with one attached hydrogen (secondary N) is 1. The second-order valence-corrected chi connectivity index (χ2v) is 5.68. The lowest BCUT2D eigenvalue weighted by Crippen LogP contribution is -2.20. The Morgan fingerprint density at radius 2 is 2.00 bits per heavy atom. The van der Waals surface area contributed by atoms with E-state index in [1.54, 1.807) is 6.20 Å².